The van der Waals surface area contributed by atoms with E-state index in [2.05, 4.69) is 24.9 Å². The summed E-state index contributed by atoms with van der Waals surface area (Å²) in [4.78, 5) is 15.2. The highest BCUT2D eigenvalue weighted by Gasteiger charge is 2.45. The van der Waals surface area contributed by atoms with Crippen molar-refractivity contribution in [1.82, 2.24) is 9.21 Å². The number of nitrogens with zero attached hydrogens (tertiary/aromatic N) is 2. The van der Waals surface area contributed by atoms with E-state index in [0.717, 1.165) is 51.9 Å². The van der Waals surface area contributed by atoms with Gasteiger partial charge < -0.3 is 4.90 Å². The second-order valence-electron chi connectivity index (χ2n) is 5.90. The molecule has 1 aliphatic heterocycles. The van der Waals surface area contributed by atoms with Crippen molar-refractivity contribution in [2.24, 2.45) is 0 Å². The van der Waals surface area contributed by atoms with Crippen LogP contribution >= 0.6 is 12.8 Å². The molecule has 0 unspecified atom stereocenters. The molecule has 0 atom stereocenters. The SMILES string of the molecule is O=C(N1CCN(S)CC1)C1(c2ccccc2)CCCC1. The first-order valence-corrected chi connectivity index (χ1v) is 7.91. The highest BCUT2D eigenvalue weighted by molar-refractivity contribution is 7.77. The van der Waals surface area contributed by atoms with Crippen molar-refractivity contribution in [3.8, 4) is 0 Å². The molecule has 1 saturated heterocycles. The molecule has 1 aromatic rings. The summed E-state index contributed by atoms with van der Waals surface area (Å²) in [6, 6.07) is 10.4. The number of piperazine rings is 1. The molecular formula is C16H22N2OS. The Morgan fingerprint density at radius 1 is 1.00 bits per heavy atom. The summed E-state index contributed by atoms with van der Waals surface area (Å²) in [5, 5.41) is 0. The molecule has 1 aromatic carbocycles. The lowest BCUT2D eigenvalue weighted by Gasteiger charge is -2.38. The Bertz CT molecular complexity index is 463. The van der Waals surface area contributed by atoms with Gasteiger partial charge in [0.15, 0.2) is 0 Å². The zero-order valence-electron chi connectivity index (χ0n) is 11.8. The van der Waals surface area contributed by atoms with E-state index in [4.69, 9.17) is 0 Å². The van der Waals surface area contributed by atoms with Crippen LogP contribution in [0.4, 0.5) is 0 Å². The van der Waals surface area contributed by atoms with Crippen LogP contribution in [-0.4, -0.2) is 41.3 Å². The summed E-state index contributed by atoms with van der Waals surface area (Å²) < 4.78 is 1.99. The zero-order valence-corrected chi connectivity index (χ0v) is 12.7. The summed E-state index contributed by atoms with van der Waals surface area (Å²) in [6.07, 6.45) is 4.31. The third kappa shape index (κ3) is 2.47. The average Bonchev–Trinajstić information content (AvgIpc) is 2.99. The largest absolute Gasteiger partial charge is 0.339 e. The molecule has 0 radical (unpaired) electrons. The Hall–Kier alpha value is -1.00. The summed E-state index contributed by atoms with van der Waals surface area (Å²) in [5.74, 6) is 0.336. The van der Waals surface area contributed by atoms with Gasteiger partial charge in [-0.1, -0.05) is 56.0 Å². The van der Waals surface area contributed by atoms with Gasteiger partial charge in [0.05, 0.1) is 5.41 Å². The third-order valence-corrected chi connectivity index (χ3v) is 5.14. The van der Waals surface area contributed by atoms with E-state index in [-0.39, 0.29) is 5.41 Å². The second kappa shape index (κ2) is 5.78. The Morgan fingerprint density at radius 3 is 2.20 bits per heavy atom. The van der Waals surface area contributed by atoms with Crippen molar-refractivity contribution in [2.45, 2.75) is 31.1 Å². The van der Waals surface area contributed by atoms with Crippen molar-refractivity contribution in [1.29, 1.82) is 0 Å². The molecule has 1 amide bonds. The van der Waals surface area contributed by atoms with Gasteiger partial charge in [-0.2, -0.15) is 0 Å². The Labute approximate surface area is 126 Å². The maximum Gasteiger partial charge on any atom is 0.233 e. The molecule has 1 heterocycles. The molecule has 108 valence electrons. The summed E-state index contributed by atoms with van der Waals surface area (Å²) in [5.41, 5.74) is 0.941. The lowest BCUT2D eigenvalue weighted by molar-refractivity contribution is -0.138. The van der Waals surface area contributed by atoms with E-state index in [9.17, 15) is 4.79 Å². The molecule has 3 rings (SSSR count). The van der Waals surface area contributed by atoms with Crippen LogP contribution in [0.1, 0.15) is 31.2 Å². The third-order valence-electron chi connectivity index (χ3n) is 4.74. The van der Waals surface area contributed by atoms with Crippen LogP contribution in [0.15, 0.2) is 30.3 Å². The van der Waals surface area contributed by atoms with Crippen molar-refractivity contribution in [3.05, 3.63) is 35.9 Å². The van der Waals surface area contributed by atoms with Crippen molar-refractivity contribution >= 4 is 18.7 Å². The number of benzene rings is 1. The quantitative estimate of drug-likeness (QED) is 0.846. The van der Waals surface area contributed by atoms with E-state index in [1.54, 1.807) is 0 Å². The van der Waals surface area contributed by atoms with Crippen molar-refractivity contribution in [3.63, 3.8) is 0 Å². The molecule has 1 saturated carbocycles. The fourth-order valence-corrected chi connectivity index (χ4v) is 3.74. The standard InChI is InChI=1S/C16H22N2OS/c19-15(17-10-12-18(20)13-11-17)16(8-4-5-9-16)14-6-2-1-3-7-14/h1-3,6-7,20H,4-5,8-13H2. The first-order valence-electron chi connectivity index (χ1n) is 7.51. The fraction of sp³-hybridized carbons (Fsp3) is 0.562. The van der Waals surface area contributed by atoms with Gasteiger partial charge in [0.25, 0.3) is 0 Å². The highest BCUT2D eigenvalue weighted by atomic mass is 32.1. The van der Waals surface area contributed by atoms with Gasteiger partial charge in [-0.3, -0.25) is 4.79 Å². The Kier molecular flexibility index (Phi) is 4.03. The minimum Gasteiger partial charge on any atom is -0.339 e. The number of hydrogen-bond donors (Lipinski definition) is 1. The summed E-state index contributed by atoms with van der Waals surface area (Å²) >= 11 is 4.37. The van der Waals surface area contributed by atoms with Crippen molar-refractivity contribution in [2.75, 3.05) is 26.2 Å². The predicted molar refractivity (Wildman–Crippen MR) is 83.7 cm³/mol. The molecular weight excluding hydrogens is 268 g/mol. The summed E-state index contributed by atoms with van der Waals surface area (Å²) in [7, 11) is 0. The minimum atomic E-state index is -0.264. The monoisotopic (exact) mass is 290 g/mol. The van der Waals surface area contributed by atoms with Crippen LogP contribution < -0.4 is 0 Å². The second-order valence-corrected chi connectivity index (χ2v) is 6.47. The zero-order chi connectivity index (χ0) is 14.0. The molecule has 0 bridgehead atoms. The van der Waals surface area contributed by atoms with Gasteiger partial charge in [-0.05, 0) is 18.4 Å². The van der Waals surface area contributed by atoms with Crippen LogP contribution in [0.2, 0.25) is 0 Å². The normalized spacial score (nSPS) is 22.9. The van der Waals surface area contributed by atoms with Gasteiger partial charge in [-0.15, -0.1) is 0 Å². The van der Waals surface area contributed by atoms with E-state index >= 15 is 0 Å². The maximum atomic E-state index is 13.1. The molecule has 2 aliphatic rings. The van der Waals surface area contributed by atoms with Gasteiger partial charge in [0.1, 0.15) is 0 Å². The lowest BCUT2D eigenvalue weighted by Crippen LogP contribution is -2.52. The van der Waals surface area contributed by atoms with Crippen LogP contribution in [-0.2, 0) is 10.2 Å². The summed E-state index contributed by atoms with van der Waals surface area (Å²) in [6.45, 7) is 3.33. The first-order chi connectivity index (χ1) is 9.72. The Balaban J connectivity index is 1.85. The fourth-order valence-electron chi connectivity index (χ4n) is 3.56. The number of carbonyl (C=O) groups is 1. The van der Waals surface area contributed by atoms with Crippen LogP contribution in [0.5, 0.6) is 0 Å². The van der Waals surface area contributed by atoms with Crippen LogP contribution in [0, 0.1) is 0 Å². The first kappa shape index (κ1) is 14.0. The van der Waals surface area contributed by atoms with Crippen LogP contribution in [0.3, 0.4) is 0 Å². The topological polar surface area (TPSA) is 23.6 Å². The Morgan fingerprint density at radius 2 is 1.60 bits per heavy atom. The maximum absolute atomic E-state index is 13.1. The number of carbonyl (C=O) groups excluding carboxylic acids is 1. The molecule has 20 heavy (non-hydrogen) atoms. The predicted octanol–water partition coefficient (Wildman–Crippen LogP) is 2.49. The van der Waals surface area contributed by atoms with E-state index in [0.29, 0.717) is 5.91 Å². The van der Waals surface area contributed by atoms with E-state index in [1.807, 2.05) is 27.4 Å². The lowest BCUT2D eigenvalue weighted by atomic mass is 9.77. The molecule has 2 fully saturated rings. The van der Waals surface area contributed by atoms with Gasteiger partial charge in [0, 0.05) is 26.2 Å². The minimum absolute atomic E-state index is 0.264. The molecule has 0 N–H and O–H groups in total. The number of thiol groups is 1. The smallest absolute Gasteiger partial charge is 0.233 e. The number of rotatable bonds is 2. The molecule has 0 aromatic heterocycles. The van der Waals surface area contributed by atoms with E-state index < -0.39 is 0 Å². The van der Waals surface area contributed by atoms with E-state index in [1.165, 1.54) is 5.56 Å². The average molecular weight is 290 g/mol. The van der Waals surface area contributed by atoms with Gasteiger partial charge in [0.2, 0.25) is 5.91 Å². The molecule has 3 nitrogen and oxygen atoms in total. The van der Waals surface area contributed by atoms with Gasteiger partial charge in [-0.25, -0.2) is 4.31 Å². The van der Waals surface area contributed by atoms with Gasteiger partial charge >= 0.3 is 0 Å². The van der Waals surface area contributed by atoms with Crippen LogP contribution in [0.25, 0.3) is 0 Å². The number of hydrogen-bond acceptors (Lipinski definition) is 3. The molecule has 4 heteroatoms. The number of amides is 1. The van der Waals surface area contributed by atoms with Crippen molar-refractivity contribution < 1.29 is 4.79 Å². The molecule has 0 spiro atoms. The highest BCUT2D eigenvalue weighted by Crippen LogP contribution is 2.42. The molecule has 1 aliphatic carbocycles.